The Morgan fingerprint density at radius 1 is 1.12 bits per heavy atom. The molecule has 1 nitrogen and oxygen atoms in total. The van der Waals surface area contributed by atoms with Crippen LogP contribution in [0.25, 0.3) is 0 Å². The van der Waals surface area contributed by atoms with Gasteiger partial charge in [0, 0.05) is 17.5 Å². The highest BCUT2D eigenvalue weighted by Crippen LogP contribution is 2.23. The van der Waals surface area contributed by atoms with E-state index >= 15 is 0 Å². The molecule has 1 aromatic carbocycles. The average molecular weight is 245 g/mol. The highest BCUT2D eigenvalue weighted by atomic mass is 32.1. The minimum atomic E-state index is 0.475. The summed E-state index contributed by atoms with van der Waals surface area (Å²) in [5, 5.41) is 2.15. The summed E-state index contributed by atoms with van der Waals surface area (Å²) in [4.78, 5) is 3.94. The number of rotatable bonds is 5. The number of hydrogen-bond donors (Lipinski definition) is 0. The van der Waals surface area contributed by atoms with Gasteiger partial charge in [-0.1, -0.05) is 43.3 Å². The van der Waals surface area contributed by atoms with Crippen LogP contribution in [0, 0.1) is 0 Å². The molecule has 0 radical (unpaired) electrons. The zero-order valence-corrected chi connectivity index (χ0v) is 11.3. The quantitative estimate of drug-likeness (QED) is 0.758. The first kappa shape index (κ1) is 12.3. The molecule has 1 heterocycles. The maximum Gasteiger partial charge on any atom is 0.0333 e. The van der Waals surface area contributed by atoms with Gasteiger partial charge in [0.25, 0.3) is 0 Å². The van der Waals surface area contributed by atoms with Crippen molar-refractivity contribution in [3.05, 3.63) is 58.3 Å². The van der Waals surface area contributed by atoms with Crippen molar-refractivity contribution >= 4 is 11.3 Å². The fraction of sp³-hybridized carbons (Fsp3) is 0.333. The second-order valence-electron chi connectivity index (χ2n) is 4.23. The standard InChI is InChI=1S/C15H19NS/c1-3-16(12-15-10-7-11-17-15)13(2)14-8-5-4-6-9-14/h4-11,13H,3,12H2,1-2H3. The molecule has 0 amide bonds. The summed E-state index contributed by atoms with van der Waals surface area (Å²) in [6.45, 7) is 6.64. The Morgan fingerprint density at radius 2 is 1.88 bits per heavy atom. The lowest BCUT2D eigenvalue weighted by atomic mass is 10.1. The Bertz CT molecular complexity index is 421. The van der Waals surface area contributed by atoms with E-state index in [2.05, 4.69) is 66.6 Å². The maximum atomic E-state index is 2.50. The van der Waals surface area contributed by atoms with E-state index in [9.17, 15) is 0 Å². The van der Waals surface area contributed by atoms with Gasteiger partial charge in [0.05, 0.1) is 0 Å². The molecule has 0 saturated carbocycles. The van der Waals surface area contributed by atoms with E-state index in [-0.39, 0.29) is 0 Å². The minimum absolute atomic E-state index is 0.475. The van der Waals surface area contributed by atoms with Gasteiger partial charge in [0.2, 0.25) is 0 Å². The Hall–Kier alpha value is -1.12. The number of benzene rings is 1. The molecule has 1 atom stereocenters. The molecule has 0 N–H and O–H groups in total. The molecular formula is C15H19NS. The second-order valence-corrected chi connectivity index (χ2v) is 5.26. The van der Waals surface area contributed by atoms with Crippen LogP contribution < -0.4 is 0 Å². The van der Waals surface area contributed by atoms with E-state index in [0.717, 1.165) is 13.1 Å². The molecule has 0 spiro atoms. The monoisotopic (exact) mass is 245 g/mol. The zero-order valence-electron chi connectivity index (χ0n) is 10.5. The van der Waals surface area contributed by atoms with Crippen LogP contribution in [0.1, 0.15) is 30.3 Å². The van der Waals surface area contributed by atoms with Gasteiger partial charge in [-0.05, 0) is 30.5 Å². The van der Waals surface area contributed by atoms with Gasteiger partial charge in [-0.15, -0.1) is 11.3 Å². The molecule has 0 aliphatic carbocycles. The Kier molecular flexibility index (Phi) is 4.35. The molecule has 1 unspecified atom stereocenters. The normalized spacial score (nSPS) is 12.9. The van der Waals surface area contributed by atoms with E-state index in [1.54, 1.807) is 0 Å². The van der Waals surface area contributed by atoms with Gasteiger partial charge in [-0.2, -0.15) is 0 Å². The van der Waals surface area contributed by atoms with Crippen molar-refractivity contribution in [3.8, 4) is 0 Å². The lowest BCUT2D eigenvalue weighted by molar-refractivity contribution is 0.215. The summed E-state index contributed by atoms with van der Waals surface area (Å²) < 4.78 is 0. The Morgan fingerprint density at radius 3 is 2.47 bits per heavy atom. The van der Waals surface area contributed by atoms with Crippen molar-refractivity contribution in [2.75, 3.05) is 6.54 Å². The summed E-state index contributed by atoms with van der Waals surface area (Å²) in [5.41, 5.74) is 1.39. The summed E-state index contributed by atoms with van der Waals surface area (Å²) in [5.74, 6) is 0. The third kappa shape index (κ3) is 3.18. The van der Waals surface area contributed by atoms with Crippen molar-refractivity contribution in [1.29, 1.82) is 0 Å². The predicted molar refractivity (Wildman–Crippen MR) is 75.3 cm³/mol. The third-order valence-electron chi connectivity index (χ3n) is 3.17. The molecule has 2 heteroatoms. The van der Waals surface area contributed by atoms with Gasteiger partial charge in [0.1, 0.15) is 0 Å². The van der Waals surface area contributed by atoms with Crippen molar-refractivity contribution in [2.45, 2.75) is 26.4 Å². The van der Waals surface area contributed by atoms with Crippen LogP contribution in [-0.2, 0) is 6.54 Å². The highest BCUT2D eigenvalue weighted by molar-refractivity contribution is 7.09. The van der Waals surface area contributed by atoms with Gasteiger partial charge < -0.3 is 0 Å². The number of nitrogens with zero attached hydrogens (tertiary/aromatic N) is 1. The van der Waals surface area contributed by atoms with Crippen LogP contribution >= 0.6 is 11.3 Å². The topological polar surface area (TPSA) is 3.24 Å². The summed E-state index contributed by atoms with van der Waals surface area (Å²) in [6.07, 6.45) is 0. The lowest BCUT2D eigenvalue weighted by Gasteiger charge is -2.27. The molecule has 2 rings (SSSR count). The second kappa shape index (κ2) is 5.99. The van der Waals surface area contributed by atoms with Crippen molar-refractivity contribution in [3.63, 3.8) is 0 Å². The van der Waals surface area contributed by atoms with E-state index in [4.69, 9.17) is 0 Å². The van der Waals surface area contributed by atoms with Crippen LogP contribution in [0.15, 0.2) is 47.8 Å². The molecule has 0 bridgehead atoms. The fourth-order valence-electron chi connectivity index (χ4n) is 2.07. The zero-order chi connectivity index (χ0) is 12.1. The van der Waals surface area contributed by atoms with Gasteiger partial charge in [0.15, 0.2) is 0 Å². The predicted octanol–water partition coefficient (Wildman–Crippen LogP) is 4.33. The SMILES string of the molecule is CCN(Cc1cccs1)C(C)c1ccccc1. The summed E-state index contributed by atoms with van der Waals surface area (Å²) in [7, 11) is 0. The first-order valence-electron chi connectivity index (χ1n) is 6.12. The molecule has 0 saturated heterocycles. The van der Waals surface area contributed by atoms with Crippen molar-refractivity contribution < 1.29 is 0 Å². The van der Waals surface area contributed by atoms with E-state index < -0.39 is 0 Å². The highest BCUT2D eigenvalue weighted by Gasteiger charge is 2.14. The molecule has 2 aromatic rings. The molecule has 90 valence electrons. The molecule has 0 aliphatic heterocycles. The lowest BCUT2D eigenvalue weighted by Crippen LogP contribution is -2.25. The Labute approximate surface area is 108 Å². The van der Waals surface area contributed by atoms with Crippen LogP contribution in [-0.4, -0.2) is 11.4 Å². The Balaban J connectivity index is 2.08. The smallest absolute Gasteiger partial charge is 0.0333 e. The third-order valence-corrected chi connectivity index (χ3v) is 4.04. The first-order chi connectivity index (χ1) is 8.31. The fourth-order valence-corrected chi connectivity index (χ4v) is 2.80. The van der Waals surface area contributed by atoms with Crippen molar-refractivity contribution in [2.24, 2.45) is 0 Å². The van der Waals surface area contributed by atoms with E-state index in [0.29, 0.717) is 6.04 Å². The van der Waals surface area contributed by atoms with Crippen LogP contribution in [0.2, 0.25) is 0 Å². The number of hydrogen-bond acceptors (Lipinski definition) is 2. The minimum Gasteiger partial charge on any atom is -0.292 e. The van der Waals surface area contributed by atoms with Gasteiger partial charge in [-0.25, -0.2) is 0 Å². The van der Waals surface area contributed by atoms with E-state index in [1.165, 1.54) is 10.4 Å². The van der Waals surface area contributed by atoms with Gasteiger partial charge in [-0.3, -0.25) is 4.90 Å². The van der Waals surface area contributed by atoms with Gasteiger partial charge >= 0.3 is 0 Å². The molecule has 17 heavy (non-hydrogen) atoms. The molecular weight excluding hydrogens is 226 g/mol. The molecule has 0 aliphatic rings. The van der Waals surface area contributed by atoms with Crippen LogP contribution in [0.3, 0.4) is 0 Å². The van der Waals surface area contributed by atoms with E-state index in [1.807, 2.05) is 11.3 Å². The summed E-state index contributed by atoms with van der Waals surface area (Å²) in [6, 6.07) is 15.5. The largest absolute Gasteiger partial charge is 0.292 e. The first-order valence-corrected chi connectivity index (χ1v) is 7.00. The van der Waals surface area contributed by atoms with Crippen LogP contribution in [0.5, 0.6) is 0 Å². The maximum absolute atomic E-state index is 2.50. The summed E-state index contributed by atoms with van der Waals surface area (Å²) >= 11 is 1.84. The average Bonchev–Trinajstić information content (AvgIpc) is 2.89. The van der Waals surface area contributed by atoms with Crippen molar-refractivity contribution in [1.82, 2.24) is 4.90 Å². The number of thiophene rings is 1. The molecule has 0 fully saturated rings. The molecule has 1 aromatic heterocycles. The van der Waals surface area contributed by atoms with Crippen LogP contribution in [0.4, 0.5) is 0 Å².